The molecule has 3 N–H and O–H groups in total. The molecule has 2 aliphatic heterocycles. The largest absolute Gasteiger partial charge is 0.384 e. The van der Waals surface area contributed by atoms with Gasteiger partial charge in [0, 0.05) is 5.56 Å². The lowest BCUT2D eigenvalue weighted by molar-refractivity contribution is 0.605. The molecule has 0 radical (unpaired) electrons. The van der Waals surface area contributed by atoms with Gasteiger partial charge in [-0.1, -0.05) is 30.3 Å². The molecule has 0 bridgehead atoms. The number of anilines is 2. The fourth-order valence-electron chi connectivity index (χ4n) is 3.33. The van der Waals surface area contributed by atoms with E-state index in [0.29, 0.717) is 5.82 Å². The molecule has 0 amide bonds. The molecule has 2 aliphatic rings. The van der Waals surface area contributed by atoms with Crippen molar-refractivity contribution in [1.82, 2.24) is 0 Å². The predicted molar refractivity (Wildman–Crippen MR) is 91.2 cm³/mol. The number of halogens is 1. The molecule has 1 unspecified atom stereocenters. The molecule has 0 aliphatic carbocycles. The number of hydrogen-bond donors (Lipinski definition) is 2. The Morgan fingerprint density at radius 3 is 2.40 bits per heavy atom. The number of nitrogens with one attached hydrogen (secondary N) is 1. The summed E-state index contributed by atoms with van der Waals surface area (Å²) in [5.74, 6) is -0.662. The molecule has 6 heteroatoms. The van der Waals surface area contributed by atoms with Gasteiger partial charge in [-0.15, -0.1) is 0 Å². The maximum absolute atomic E-state index is 14.4. The van der Waals surface area contributed by atoms with Gasteiger partial charge < -0.3 is 11.1 Å². The lowest BCUT2D eigenvalue weighted by atomic mass is 9.83. The van der Waals surface area contributed by atoms with Crippen molar-refractivity contribution in [2.75, 3.05) is 10.2 Å². The Kier molecular flexibility index (Phi) is 3.19. The third-order valence-electron chi connectivity index (χ3n) is 4.43. The zero-order chi connectivity index (χ0) is 17.6. The highest BCUT2D eigenvalue weighted by Gasteiger charge is 2.40. The molecular weight excluding hydrogens is 317 g/mol. The minimum Gasteiger partial charge on any atom is -0.384 e. The molecule has 4 rings (SSSR count). The van der Waals surface area contributed by atoms with Crippen molar-refractivity contribution in [2.24, 2.45) is 5.73 Å². The van der Waals surface area contributed by atoms with Gasteiger partial charge in [0.2, 0.25) is 0 Å². The smallest absolute Gasteiger partial charge is 0.131 e. The van der Waals surface area contributed by atoms with E-state index in [4.69, 9.17) is 5.73 Å². The Bertz CT molecular complexity index is 1040. The number of allylic oxidation sites excluding steroid dienone is 2. The standard InChI is InChI=1S/C19H12FN5/c20-14-6-2-1-5-11(14)17-12(9-21)18(23)25-16-8-4-3-7-15(16)24-19(25)13(17)10-22/h1-8,17,24H,23H2. The molecule has 0 fully saturated rings. The fourth-order valence-corrected chi connectivity index (χ4v) is 3.33. The van der Waals surface area contributed by atoms with Gasteiger partial charge in [-0.05, 0) is 18.2 Å². The first-order valence-corrected chi connectivity index (χ1v) is 7.62. The zero-order valence-electron chi connectivity index (χ0n) is 13.0. The average Bonchev–Trinajstić information content (AvgIpc) is 3.01. The van der Waals surface area contributed by atoms with Crippen LogP contribution in [0.4, 0.5) is 15.8 Å². The predicted octanol–water partition coefficient (Wildman–Crippen LogP) is 3.28. The third kappa shape index (κ3) is 1.98. The first kappa shape index (κ1) is 14.8. The van der Waals surface area contributed by atoms with Crippen LogP contribution >= 0.6 is 0 Å². The first-order chi connectivity index (χ1) is 12.2. The Hall–Kier alpha value is -3.77. The van der Waals surface area contributed by atoms with Crippen LogP contribution in [0.5, 0.6) is 0 Å². The van der Waals surface area contributed by atoms with Gasteiger partial charge in [-0.3, -0.25) is 4.90 Å². The van der Waals surface area contributed by atoms with Crippen molar-refractivity contribution >= 4 is 11.4 Å². The number of para-hydroxylation sites is 2. The second kappa shape index (κ2) is 5.40. The Balaban J connectivity index is 2.00. The Morgan fingerprint density at radius 2 is 1.68 bits per heavy atom. The van der Waals surface area contributed by atoms with Crippen molar-refractivity contribution in [3.63, 3.8) is 0 Å². The molecule has 2 heterocycles. The van der Waals surface area contributed by atoms with E-state index in [9.17, 15) is 14.9 Å². The molecule has 120 valence electrons. The number of benzene rings is 2. The van der Waals surface area contributed by atoms with Crippen LogP contribution in [-0.2, 0) is 0 Å². The van der Waals surface area contributed by atoms with Crippen LogP contribution in [0, 0.1) is 28.5 Å². The molecule has 1 atom stereocenters. The van der Waals surface area contributed by atoms with E-state index in [1.807, 2.05) is 24.3 Å². The van der Waals surface area contributed by atoms with Gasteiger partial charge >= 0.3 is 0 Å². The number of fused-ring (bicyclic) bond motifs is 3. The van der Waals surface area contributed by atoms with Crippen LogP contribution in [0.1, 0.15) is 11.5 Å². The van der Waals surface area contributed by atoms with Gasteiger partial charge in [0.1, 0.15) is 17.5 Å². The first-order valence-electron chi connectivity index (χ1n) is 7.62. The van der Waals surface area contributed by atoms with Gasteiger partial charge in [-0.25, -0.2) is 4.39 Å². The lowest BCUT2D eigenvalue weighted by Gasteiger charge is -2.31. The number of rotatable bonds is 1. The summed E-state index contributed by atoms with van der Waals surface area (Å²) in [7, 11) is 0. The highest BCUT2D eigenvalue weighted by atomic mass is 19.1. The lowest BCUT2D eigenvalue weighted by Crippen LogP contribution is -2.34. The van der Waals surface area contributed by atoms with E-state index in [-0.39, 0.29) is 22.5 Å². The Morgan fingerprint density at radius 1 is 1.00 bits per heavy atom. The molecule has 0 saturated heterocycles. The summed E-state index contributed by atoms with van der Waals surface area (Å²) >= 11 is 0. The summed E-state index contributed by atoms with van der Waals surface area (Å²) in [6, 6.07) is 17.7. The average molecular weight is 329 g/mol. The SMILES string of the molecule is N#CC1=C(N)N2C(=C(C#N)C1c1ccccc1F)Nc1ccccc12. The van der Waals surface area contributed by atoms with Gasteiger partial charge in [0.25, 0.3) is 0 Å². The summed E-state index contributed by atoms with van der Waals surface area (Å²) in [5, 5.41) is 22.6. The van der Waals surface area contributed by atoms with E-state index in [0.717, 1.165) is 11.4 Å². The highest BCUT2D eigenvalue weighted by molar-refractivity contribution is 5.86. The molecule has 0 aromatic heterocycles. The molecule has 5 nitrogen and oxygen atoms in total. The van der Waals surface area contributed by atoms with E-state index >= 15 is 0 Å². The van der Waals surface area contributed by atoms with E-state index < -0.39 is 11.7 Å². The van der Waals surface area contributed by atoms with Crippen LogP contribution < -0.4 is 16.0 Å². The number of hydrogen-bond acceptors (Lipinski definition) is 5. The second-order valence-electron chi connectivity index (χ2n) is 5.72. The molecule has 0 saturated carbocycles. The van der Waals surface area contributed by atoms with Gasteiger partial charge in [0.05, 0.1) is 40.6 Å². The number of nitrogens with zero attached hydrogens (tertiary/aromatic N) is 3. The number of nitrogens with two attached hydrogens (primary N) is 1. The summed E-state index contributed by atoms with van der Waals surface area (Å²) in [6.07, 6.45) is 0. The quantitative estimate of drug-likeness (QED) is 0.838. The summed E-state index contributed by atoms with van der Waals surface area (Å²) in [5.41, 5.74) is 8.46. The van der Waals surface area contributed by atoms with Crippen LogP contribution in [0.3, 0.4) is 0 Å². The summed E-state index contributed by atoms with van der Waals surface area (Å²) in [6.45, 7) is 0. The molecule has 25 heavy (non-hydrogen) atoms. The van der Waals surface area contributed by atoms with E-state index in [1.165, 1.54) is 6.07 Å². The van der Waals surface area contributed by atoms with E-state index in [1.54, 1.807) is 23.1 Å². The summed E-state index contributed by atoms with van der Waals surface area (Å²) in [4.78, 5) is 1.64. The van der Waals surface area contributed by atoms with Crippen LogP contribution in [0.15, 0.2) is 71.3 Å². The monoisotopic (exact) mass is 329 g/mol. The van der Waals surface area contributed by atoms with Crippen molar-refractivity contribution < 1.29 is 4.39 Å². The minimum absolute atomic E-state index is 0.156. The summed E-state index contributed by atoms with van der Waals surface area (Å²) < 4.78 is 14.4. The van der Waals surface area contributed by atoms with Crippen LogP contribution in [-0.4, -0.2) is 0 Å². The third-order valence-corrected chi connectivity index (χ3v) is 4.43. The van der Waals surface area contributed by atoms with Crippen molar-refractivity contribution in [3.8, 4) is 12.1 Å². The van der Waals surface area contributed by atoms with Crippen molar-refractivity contribution in [1.29, 1.82) is 10.5 Å². The maximum atomic E-state index is 14.4. The van der Waals surface area contributed by atoms with Gasteiger partial charge in [0.15, 0.2) is 0 Å². The van der Waals surface area contributed by atoms with Crippen LogP contribution in [0.25, 0.3) is 0 Å². The number of nitriles is 2. The molecule has 2 aromatic rings. The van der Waals surface area contributed by atoms with Gasteiger partial charge in [-0.2, -0.15) is 10.5 Å². The maximum Gasteiger partial charge on any atom is 0.131 e. The topological polar surface area (TPSA) is 88.9 Å². The normalized spacial score (nSPS) is 18.2. The van der Waals surface area contributed by atoms with Crippen LogP contribution in [0.2, 0.25) is 0 Å². The van der Waals surface area contributed by atoms with Crippen molar-refractivity contribution in [2.45, 2.75) is 5.92 Å². The molecule has 2 aromatic carbocycles. The Labute approximate surface area is 143 Å². The highest BCUT2D eigenvalue weighted by Crippen LogP contribution is 2.47. The minimum atomic E-state index is -0.843. The van der Waals surface area contributed by atoms with Crippen molar-refractivity contribution in [3.05, 3.63) is 82.7 Å². The van der Waals surface area contributed by atoms with E-state index in [2.05, 4.69) is 17.5 Å². The zero-order valence-corrected chi connectivity index (χ0v) is 13.0. The molecule has 0 spiro atoms. The second-order valence-corrected chi connectivity index (χ2v) is 5.72. The molecular formula is C19H12FN5. The fraction of sp³-hybridized carbons (Fsp3) is 0.0526.